The van der Waals surface area contributed by atoms with E-state index < -0.39 is 34.0 Å². The molecule has 0 aliphatic rings. The maximum Gasteiger partial charge on any atom is 0.337 e. The van der Waals surface area contributed by atoms with Crippen molar-refractivity contribution in [1.29, 1.82) is 0 Å². The Kier molecular flexibility index (Phi) is 6.99. The van der Waals surface area contributed by atoms with Crippen molar-refractivity contribution in [2.24, 2.45) is 0 Å². The fraction of sp³-hybridized carbons (Fsp3) is 0.385. The summed E-state index contributed by atoms with van der Waals surface area (Å²) in [6, 6.07) is 4.22. The zero-order chi connectivity index (χ0) is 18.5. The summed E-state index contributed by atoms with van der Waals surface area (Å²) < 4.78 is 26.4. The molecule has 1 rings (SSSR count). The van der Waals surface area contributed by atoms with Crippen molar-refractivity contribution in [3.63, 3.8) is 0 Å². The molecule has 0 heterocycles. The summed E-state index contributed by atoms with van der Waals surface area (Å²) in [4.78, 5) is 22.0. The second kappa shape index (κ2) is 8.13. The molecule has 11 heteroatoms. The first-order valence-corrected chi connectivity index (χ1v) is 8.87. The van der Waals surface area contributed by atoms with E-state index in [0.29, 0.717) is 0 Å². The van der Waals surface area contributed by atoms with Crippen LogP contribution in [0.5, 0.6) is 0 Å². The first-order valence-electron chi connectivity index (χ1n) is 6.63. The van der Waals surface area contributed by atoms with E-state index in [9.17, 15) is 23.1 Å². The number of nitrogens with one attached hydrogen (secondary N) is 2. The van der Waals surface area contributed by atoms with Gasteiger partial charge >= 0.3 is 5.97 Å². The van der Waals surface area contributed by atoms with Crippen LogP contribution in [0.15, 0.2) is 23.1 Å². The van der Waals surface area contributed by atoms with Gasteiger partial charge in [-0.05, 0) is 19.1 Å². The molecule has 0 aliphatic heterocycles. The molecule has 24 heavy (non-hydrogen) atoms. The van der Waals surface area contributed by atoms with Crippen molar-refractivity contribution in [2.45, 2.75) is 23.8 Å². The average Bonchev–Trinajstić information content (AvgIpc) is 2.44. The number of sulfonamides is 1. The van der Waals surface area contributed by atoms with Crippen molar-refractivity contribution >= 4 is 45.1 Å². The van der Waals surface area contributed by atoms with Crippen molar-refractivity contribution in [3.05, 3.63) is 28.2 Å². The monoisotopic (exact) mass is 398 g/mol. The molecule has 8 nitrogen and oxygen atoms in total. The Morgan fingerprint density at radius 1 is 1.25 bits per heavy atom. The Balaban J connectivity index is 2.58. The third-order valence-corrected chi connectivity index (χ3v) is 5.34. The molecule has 0 saturated carbocycles. The maximum atomic E-state index is 12.1. The predicted molar refractivity (Wildman–Crippen MR) is 87.5 cm³/mol. The van der Waals surface area contributed by atoms with Crippen LogP contribution in [0.4, 0.5) is 0 Å². The molecular weight excluding hydrogens is 383 g/mol. The highest BCUT2D eigenvalue weighted by Crippen LogP contribution is 2.28. The number of halogens is 2. The predicted octanol–water partition coefficient (Wildman–Crippen LogP) is 0.614. The lowest BCUT2D eigenvalue weighted by Gasteiger charge is -2.18. The van der Waals surface area contributed by atoms with E-state index in [-0.39, 0.29) is 27.9 Å². The zero-order valence-electron chi connectivity index (χ0n) is 12.5. The van der Waals surface area contributed by atoms with Gasteiger partial charge in [0.05, 0.1) is 16.6 Å². The number of carboxylic acid groups (broad SMARTS) is 1. The van der Waals surface area contributed by atoms with Gasteiger partial charge in [0.1, 0.15) is 4.90 Å². The maximum absolute atomic E-state index is 12.1. The number of aliphatic hydroxyl groups is 1. The average molecular weight is 399 g/mol. The van der Waals surface area contributed by atoms with E-state index in [0.717, 1.165) is 6.92 Å². The van der Waals surface area contributed by atoms with Crippen LogP contribution >= 0.6 is 23.2 Å². The standard InChI is InChI=1S/C13H16Cl2N2O6S/c1-13(21,12(19)20)7-16-10(18)5-6-17-24(22,23)11-8(14)3-2-4-9(11)15/h2-4,17,21H,5-7H2,1H3,(H,16,18)(H,19,20). The van der Waals surface area contributed by atoms with Gasteiger partial charge in [-0.2, -0.15) is 0 Å². The summed E-state index contributed by atoms with van der Waals surface area (Å²) in [6.07, 6.45) is -0.267. The summed E-state index contributed by atoms with van der Waals surface area (Å²) >= 11 is 11.6. The van der Waals surface area contributed by atoms with Crippen LogP contribution in [-0.4, -0.2) is 49.2 Å². The molecule has 4 N–H and O–H groups in total. The molecule has 1 amide bonds. The summed E-state index contributed by atoms with van der Waals surface area (Å²) in [5.41, 5.74) is -2.11. The summed E-state index contributed by atoms with van der Waals surface area (Å²) in [7, 11) is -4.01. The quantitative estimate of drug-likeness (QED) is 0.507. The number of aliphatic carboxylic acids is 1. The van der Waals surface area contributed by atoms with E-state index in [2.05, 4.69) is 10.0 Å². The SMILES string of the molecule is CC(O)(CNC(=O)CCNS(=O)(=O)c1c(Cl)cccc1Cl)C(=O)O. The number of carboxylic acids is 1. The first kappa shape index (κ1) is 20.7. The topological polar surface area (TPSA) is 133 Å². The van der Waals surface area contributed by atoms with Gasteiger partial charge in [0.2, 0.25) is 15.9 Å². The lowest BCUT2D eigenvalue weighted by atomic mass is 10.1. The molecule has 1 unspecified atom stereocenters. The van der Waals surface area contributed by atoms with Crippen molar-refractivity contribution < 1.29 is 28.2 Å². The van der Waals surface area contributed by atoms with Crippen LogP contribution in [0, 0.1) is 0 Å². The summed E-state index contributed by atoms with van der Waals surface area (Å²) in [5, 5.41) is 20.2. The highest BCUT2D eigenvalue weighted by molar-refractivity contribution is 7.89. The Morgan fingerprint density at radius 2 is 1.79 bits per heavy atom. The zero-order valence-corrected chi connectivity index (χ0v) is 14.9. The van der Waals surface area contributed by atoms with Crippen molar-refractivity contribution in [2.75, 3.05) is 13.1 Å². The van der Waals surface area contributed by atoms with E-state index in [1.165, 1.54) is 18.2 Å². The number of carbonyl (C=O) groups excluding carboxylic acids is 1. The van der Waals surface area contributed by atoms with Crippen LogP contribution in [0.25, 0.3) is 0 Å². The van der Waals surface area contributed by atoms with Gasteiger partial charge in [0.25, 0.3) is 0 Å². The number of amides is 1. The lowest BCUT2D eigenvalue weighted by Crippen LogP contribution is -2.47. The van der Waals surface area contributed by atoms with Crippen LogP contribution < -0.4 is 10.0 Å². The fourth-order valence-corrected chi connectivity index (χ4v) is 3.72. The van der Waals surface area contributed by atoms with Gasteiger partial charge < -0.3 is 15.5 Å². The number of rotatable bonds is 8. The van der Waals surface area contributed by atoms with E-state index in [4.69, 9.17) is 28.3 Å². The molecule has 134 valence electrons. The smallest absolute Gasteiger partial charge is 0.337 e. The molecular formula is C13H16Cl2N2O6S. The Labute approximate surface area is 148 Å². The fourth-order valence-electron chi connectivity index (χ4n) is 1.55. The highest BCUT2D eigenvalue weighted by Gasteiger charge is 2.30. The molecule has 1 aromatic carbocycles. The largest absolute Gasteiger partial charge is 0.479 e. The second-order valence-electron chi connectivity index (χ2n) is 5.05. The van der Waals surface area contributed by atoms with Crippen LogP contribution in [0.3, 0.4) is 0 Å². The summed E-state index contributed by atoms with van der Waals surface area (Å²) in [6.45, 7) is 0.257. The van der Waals surface area contributed by atoms with Crippen LogP contribution in [-0.2, 0) is 19.6 Å². The van der Waals surface area contributed by atoms with E-state index in [1.807, 2.05) is 0 Å². The molecule has 1 aromatic rings. The molecule has 0 fully saturated rings. The van der Waals surface area contributed by atoms with Gasteiger partial charge in [0, 0.05) is 13.0 Å². The second-order valence-corrected chi connectivity index (χ2v) is 7.57. The van der Waals surface area contributed by atoms with Crippen molar-refractivity contribution in [1.82, 2.24) is 10.0 Å². The van der Waals surface area contributed by atoms with Gasteiger partial charge in [-0.3, -0.25) is 4.79 Å². The minimum atomic E-state index is -4.01. The number of hydrogen-bond acceptors (Lipinski definition) is 5. The molecule has 0 aromatic heterocycles. The number of hydrogen-bond donors (Lipinski definition) is 4. The summed E-state index contributed by atoms with van der Waals surface area (Å²) in [5.74, 6) is -2.12. The molecule has 0 spiro atoms. The molecule has 0 radical (unpaired) electrons. The normalized spacial score (nSPS) is 14.0. The number of benzene rings is 1. The molecule has 0 bridgehead atoms. The first-order chi connectivity index (χ1) is 11.0. The Morgan fingerprint density at radius 3 is 2.29 bits per heavy atom. The van der Waals surface area contributed by atoms with Crippen LogP contribution in [0.2, 0.25) is 10.0 Å². The molecule has 0 aliphatic carbocycles. The van der Waals surface area contributed by atoms with Gasteiger partial charge in [-0.1, -0.05) is 29.3 Å². The number of carbonyl (C=O) groups is 2. The van der Waals surface area contributed by atoms with Crippen molar-refractivity contribution in [3.8, 4) is 0 Å². The minimum Gasteiger partial charge on any atom is -0.479 e. The third-order valence-electron chi connectivity index (χ3n) is 2.92. The third kappa shape index (κ3) is 5.60. The Bertz CT molecular complexity index is 716. The van der Waals surface area contributed by atoms with E-state index >= 15 is 0 Å². The molecule has 0 saturated heterocycles. The van der Waals surface area contributed by atoms with Gasteiger partial charge in [-0.25, -0.2) is 17.9 Å². The molecule has 1 atom stereocenters. The minimum absolute atomic E-state index is 0.0584. The van der Waals surface area contributed by atoms with Gasteiger partial charge in [-0.15, -0.1) is 0 Å². The highest BCUT2D eigenvalue weighted by atomic mass is 35.5. The Hall–Kier alpha value is -1.39. The van der Waals surface area contributed by atoms with Crippen LogP contribution in [0.1, 0.15) is 13.3 Å². The lowest BCUT2D eigenvalue weighted by molar-refractivity contribution is -0.156. The van der Waals surface area contributed by atoms with Gasteiger partial charge in [0.15, 0.2) is 5.60 Å². The van der Waals surface area contributed by atoms with E-state index in [1.54, 1.807) is 0 Å².